The van der Waals surface area contributed by atoms with Gasteiger partial charge in [0, 0.05) is 34.4 Å². The molecule has 0 aliphatic heterocycles. The zero-order chi connectivity index (χ0) is 21.5. The third-order valence-electron chi connectivity index (χ3n) is 5.31. The first-order chi connectivity index (χ1) is 15.3. The van der Waals surface area contributed by atoms with Crippen LogP contribution in [-0.4, -0.2) is 35.4 Å². The molecule has 8 heteroatoms. The number of hydrogen-bond acceptors (Lipinski definition) is 5. The zero-order valence-electron chi connectivity index (χ0n) is 18.2. The Hall–Kier alpha value is -3.42. The Morgan fingerprint density at radius 3 is 2.55 bits per heavy atom. The number of benzene rings is 1. The van der Waals surface area contributed by atoms with Crippen LogP contribution in [0.15, 0.2) is 48.9 Å². The average Bonchev–Trinajstić information content (AvgIpc) is 3.47. The monoisotopic (exact) mass is 417 g/mol. The predicted molar refractivity (Wildman–Crippen MR) is 118 cm³/mol. The molecular formula is C23H29N8+. The Morgan fingerprint density at radius 1 is 1.00 bits per heavy atom. The quantitative estimate of drug-likeness (QED) is 0.398. The van der Waals surface area contributed by atoms with Crippen molar-refractivity contribution in [2.75, 3.05) is 0 Å². The van der Waals surface area contributed by atoms with E-state index in [1.807, 2.05) is 30.5 Å². The largest absolute Gasteiger partial charge is 0.277 e. The van der Waals surface area contributed by atoms with Gasteiger partial charge >= 0.3 is 0 Å². The minimum Gasteiger partial charge on any atom is -0.256 e. The lowest BCUT2D eigenvalue weighted by Gasteiger charge is -2.07. The number of aromatic nitrogens is 8. The SMILES string of the molecule is CCCCc1nn(CCCC)c[n+]1Cc1ccc(-c2ccccc2-c2nn[nH]n2)nc1. The second kappa shape index (κ2) is 10.1. The van der Waals surface area contributed by atoms with E-state index in [9.17, 15) is 0 Å². The molecule has 31 heavy (non-hydrogen) atoms. The van der Waals surface area contributed by atoms with Crippen LogP contribution in [0.3, 0.4) is 0 Å². The number of aromatic amines is 1. The highest BCUT2D eigenvalue weighted by Gasteiger charge is 2.17. The number of rotatable bonds is 10. The highest BCUT2D eigenvalue weighted by atomic mass is 15.5. The minimum atomic E-state index is 0.567. The molecule has 0 aliphatic rings. The Balaban J connectivity index is 1.55. The molecule has 0 spiro atoms. The number of nitrogens with one attached hydrogen (secondary N) is 1. The number of H-pyrrole nitrogens is 1. The maximum atomic E-state index is 4.82. The van der Waals surface area contributed by atoms with Crippen LogP contribution in [0.25, 0.3) is 22.6 Å². The molecule has 4 rings (SSSR count). The zero-order valence-corrected chi connectivity index (χ0v) is 18.2. The second-order valence-electron chi connectivity index (χ2n) is 7.71. The molecule has 4 aromatic rings. The number of nitrogens with zero attached hydrogens (tertiary/aromatic N) is 7. The third-order valence-corrected chi connectivity index (χ3v) is 5.31. The Kier molecular flexibility index (Phi) is 6.76. The minimum absolute atomic E-state index is 0.567. The van der Waals surface area contributed by atoms with Gasteiger partial charge in [0.2, 0.25) is 12.2 Å². The van der Waals surface area contributed by atoms with Gasteiger partial charge in [0.1, 0.15) is 6.54 Å². The van der Waals surface area contributed by atoms with E-state index < -0.39 is 0 Å². The van der Waals surface area contributed by atoms with Crippen LogP contribution >= 0.6 is 0 Å². The summed E-state index contributed by atoms with van der Waals surface area (Å²) in [5.74, 6) is 1.71. The summed E-state index contributed by atoms with van der Waals surface area (Å²) in [6, 6.07) is 12.2. The lowest BCUT2D eigenvalue weighted by Crippen LogP contribution is -2.37. The standard InChI is InChI=1S/C23H29N8/c1-3-5-11-22-27-31(14-6-4-2)17-30(22)16-18-12-13-21(24-15-18)19-9-7-8-10-20(19)23-25-28-29-26-23/h7-10,12-13,15,17H,3-6,11,14,16H2,1-2H3,(H,25,26,28,29)/q+1. The first-order valence-corrected chi connectivity index (χ1v) is 11.0. The van der Waals surface area contributed by atoms with Crippen LogP contribution in [0.4, 0.5) is 0 Å². The number of tetrazole rings is 1. The molecule has 0 amide bonds. The van der Waals surface area contributed by atoms with Gasteiger partial charge in [0.15, 0.2) is 0 Å². The molecule has 0 saturated carbocycles. The van der Waals surface area contributed by atoms with Crippen molar-refractivity contribution in [3.05, 3.63) is 60.3 Å². The highest BCUT2D eigenvalue weighted by Crippen LogP contribution is 2.28. The van der Waals surface area contributed by atoms with Gasteiger partial charge in [-0.3, -0.25) is 4.98 Å². The molecule has 160 valence electrons. The Morgan fingerprint density at radius 2 is 1.84 bits per heavy atom. The van der Waals surface area contributed by atoms with E-state index >= 15 is 0 Å². The second-order valence-corrected chi connectivity index (χ2v) is 7.71. The van der Waals surface area contributed by atoms with E-state index in [4.69, 9.17) is 10.1 Å². The summed E-state index contributed by atoms with van der Waals surface area (Å²) in [5.41, 5.74) is 3.93. The molecular weight excluding hydrogens is 388 g/mol. The lowest BCUT2D eigenvalue weighted by molar-refractivity contribution is -0.696. The van der Waals surface area contributed by atoms with E-state index in [0.717, 1.165) is 67.0 Å². The first-order valence-electron chi connectivity index (χ1n) is 11.0. The van der Waals surface area contributed by atoms with Crippen molar-refractivity contribution < 1.29 is 4.57 Å². The number of unbranched alkanes of at least 4 members (excludes halogenated alkanes) is 2. The van der Waals surface area contributed by atoms with E-state index in [1.54, 1.807) is 0 Å². The van der Waals surface area contributed by atoms with E-state index in [1.165, 1.54) is 6.42 Å². The van der Waals surface area contributed by atoms with Gasteiger partial charge in [-0.25, -0.2) is 4.57 Å². The van der Waals surface area contributed by atoms with Crippen LogP contribution in [0, 0.1) is 0 Å². The summed E-state index contributed by atoms with van der Waals surface area (Å²) in [4.78, 5) is 4.74. The third kappa shape index (κ3) is 5.02. The summed E-state index contributed by atoms with van der Waals surface area (Å²) < 4.78 is 4.34. The molecule has 0 bridgehead atoms. The van der Waals surface area contributed by atoms with E-state index in [0.29, 0.717) is 5.82 Å². The first kappa shape index (κ1) is 20.8. The normalized spacial score (nSPS) is 11.2. The van der Waals surface area contributed by atoms with Gasteiger partial charge in [0.25, 0.3) is 5.82 Å². The summed E-state index contributed by atoms with van der Waals surface area (Å²) in [6.45, 7) is 6.16. The molecule has 8 nitrogen and oxygen atoms in total. The van der Waals surface area contributed by atoms with Crippen molar-refractivity contribution in [1.29, 1.82) is 0 Å². The Labute approximate surface area is 182 Å². The van der Waals surface area contributed by atoms with Gasteiger partial charge in [0.05, 0.1) is 12.2 Å². The molecule has 0 radical (unpaired) electrons. The summed E-state index contributed by atoms with van der Waals surface area (Å²) in [7, 11) is 0. The molecule has 0 atom stereocenters. The molecule has 3 aromatic heterocycles. The topological polar surface area (TPSA) is 89.0 Å². The molecule has 0 saturated heterocycles. The van der Waals surface area contributed by atoms with Crippen molar-refractivity contribution in [1.82, 2.24) is 35.4 Å². The number of aryl methyl sites for hydroxylation is 2. The van der Waals surface area contributed by atoms with Gasteiger partial charge in [-0.2, -0.15) is 5.21 Å². The molecule has 3 heterocycles. The molecule has 1 aromatic carbocycles. The fourth-order valence-electron chi connectivity index (χ4n) is 3.60. The van der Waals surface area contributed by atoms with Gasteiger partial charge in [-0.1, -0.05) is 57.0 Å². The molecule has 0 fully saturated rings. The van der Waals surface area contributed by atoms with Crippen LogP contribution in [-0.2, 0) is 19.5 Å². The van der Waals surface area contributed by atoms with E-state index in [-0.39, 0.29) is 0 Å². The van der Waals surface area contributed by atoms with Crippen molar-refractivity contribution in [3.8, 4) is 22.6 Å². The van der Waals surface area contributed by atoms with Crippen molar-refractivity contribution >= 4 is 0 Å². The predicted octanol–water partition coefficient (Wildman–Crippen LogP) is 3.60. The van der Waals surface area contributed by atoms with Crippen LogP contribution < -0.4 is 4.57 Å². The van der Waals surface area contributed by atoms with Crippen LogP contribution in [0.2, 0.25) is 0 Å². The summed E-state index contributed by atoms with van der Waals surface area (Å²) >= 11 is 0. The fourth-order valence-corrected chi connectivity index (χ4v) is 3.60. The van der Waals surface area contributed by atoms with Crippen LogP contribution in [0.5, 0.6) is 0 Å². The summed E-state index contributed by atoms with van der Waals surface area (Å²) in [6.07, 6.45) is 9.71. The molecule has 0 aliphatic carbocycles. The van der Waals surface area contributed by atoms with Crippen molar-refractivity contribution in [2.45, 2.75) is 59.0 Å². The van der Waals surface area contributed by atoms with E-state index in [2.05, 4.69) is 62.2 Å². The number of pyridine rings is 1. The maximum absolute atomic E-state index is 4.82. The Bertz CT molecular complexity index is 1080. The maximum Gasteiger partial charge on any atom is 0.277 e. The summed E-state index contributed by atoms with van der Waals surface area (Å²) in [5, 5.41) is 19.2. The molecule has 0 unspecified atom stereocenters. The smallest absolute Gasteiger partial charge is 0.256 e. The van der Waals surface area contributed by atoms with Crippen molar-refractivity contribution in [2.24, 2.45) is 0 Å². The lowest BCUT2D eigenvalue weighted by atomic mass is 10.0. The average molecular weight is 418 g/mol. The van der Waals surface area contributed by atoms with Gasteiger partial charge in [-0.05, 0) is 24.1 Å². The van der Waals surface area contributed by atoms with Crippen molar-refractivity contribution in [3.63, 3.8) is 0 Å². The van der Waals surface area contributed by atoms with Crippen LogP contribution in [0.1, 0.15) is 50.9 Å². The molecule has 1 N–H and O–H groups in total. The highest BCUT2D eigenvalue weighted by molar-refractivity contribution is 5.78. The van der Waals surface area contributed by atoms with Gasteiger partial charge < -0.3 is 0 Å². The number of hydrogen-bond donors (Lipinski definition) is 1. The fraction of sp³-hybridized carbons (Fsp3) is 0.391. The van der Waals surface area contributed by atoms with Gasteiger partial charge in [-0.15, -0.1) is 14.9 Å².